The van der Waals surface area contributed by atoms with Gasteiger partial charge in [-0.05, 0) is 12.1 Å². The van der Waals surface area contributed by atoms with Crippen molar-refractivity contribution < 1.29 is 4.39 Å². The third-order valence-electron chi connectivity index (χ3n) is 1.37. The second kappa shape index (κ2) is 2.69. The summed E-state index contributed by atoms with van der Waals surface area (Å²) in [5.74, 6) is 0.188. The van der Waals surface area contributed by atoms with Crippen LogP contribution in [0.25, 0.3) is 5.82 Å². The highest BCUT2D eigenvalue weighted by molar-refractivity contribution is 5.19. The molecule has 2 aromatic heterocycles. The average Bonchev–Trinajstić information content (AvgIpc) is 2.58. The van der Waals surface area contributed by atoms with Crippen molar-refractivity contribution in [3.8, 4) is 5.82 Å². The molecular weight excluding hydrogens is 159 g/mol. The van der Waals surface area contributed by atoms with E-state index in [9.17, 15) is 4.39 Å². The number of hydrogen-bond donors (Lipinski definition) is 0. The highest BCUT2D eigenvalue weighted by Gasteiger charge is 1.97. The molecule has 0 aliphatic rings. The fourth-order valence-electron chi connectivity index (χ4n) is 0.834. The number of aromatic nitrogens is 4. The number of rotatable bonds is 1. The Kier molecular flexibility index (Phi) is 1.55. The zero-order chi connectivity index (χ0) is 8.39. The van der Waals surface area contributed by atoms with Crippen molar-refractivity contribution in [3.63, 3.8) is 0 Å². The van der Waals surface area contributed by atoms with Gasteiger partial charge in [0.25, 0.3) is 0 Å². The minimum atomic E-state index is -0.362. The molecule has 0 bridgehead atoms. The van der Waals surface area contributed by atoms with E-state index in [-0.39, 0.29) is 5.82 Å². The van der Waals surface area contributed by atoms with Gasteiger partial charge in [0.15, 0.2) is 5.82 Å². The summed E-state index contributed by atoms with van der Waals surface area (Å²) in [7, 11) is 0. The van der Waals surface area contributed by atoms with E-state index in [1.807, 2.05) is 0 Å². The molecule has 0 N–H and O–H groups in total. The van der Waals surface area contributed by atoms with E-state index < -0.39 is 0 Å². The lowest BCUT2D eigenvalue weighted by atomic mass is 10.4. The lowest BCUT2D eigenvalue weighted by Crippen LogP contribution is -1.97. The number of halogens is 1. The molecule has 2 rings (SSSR count). The Morgan fingerprint density at radius 3 is 2.83 bits per heavy atom. The summed E-state index contributed by atoms with van der Waals surface area (Å²) in [6.07, 6.45) is 4.31. The largest absolute Gasteiger partial charge is 0.234 e. The van der Waals surface area contributed by atoms with Crippen LogP contribution in [0.4, 0.5) is 4.39 Å². The van der Waals surface area contributed by atoms with Crippen molar-refractivity contribution in [1.82, 2.24) is 20.0 Å². The second-order valence-corrected chi connectivity index (χ2v) is 2.18. The molecule has 12 heavy (non-hydrogen) atoms. The highest BCUT2D eigenvalue weighted by atomic mass is 19.1. The van der Waals surface area contributed by atoms with E-state index in [0.29, 0.717) is 5.82 Å². The standard InChI is InChI=1S/C7H5FN4/c8-6-1-2-7(9-5-6)12-4-3-10-11-12/h1-5H. The van der Waals surface area contributed by atoms with Crippen molar-refractivity contribution in [2.75, 3.05) is 0 Å². The van der Waals surface area contributed by atoms with Gasteiger partial charge in [0.05, 0.1) is 18.6 Å². The van der Waals surface area contributed by atoms with Crippen LogP contribution in [0.2, 0.25) is 0 Å². The Balaban J connectivity index is 2.43. The molecule has 2 aromatic rings. The van der Waals surface area contributed by atoms with Crippen LogP contribution in [0, 0.1) is 5.82 Å². The quantitative estimate of drug-likeness (QED) is 0.626. The fourth-order valence-corrected chi connectivity index (χ4v) is 0.834. The van der Waals surface area contributed by atoms with E-state index in [1.165, 1.54) is 23.0 Å². The molecule has 2 heterocycles. The maximum absolute atomic E-state index is 12.4. The molecule has 0 radical (unpaired) electrons. The topological polar surface area (TPSA) is 43.6 Å². The van der Waals surface area contributed by atoms with Crippen LogP contribution in [0.5, 0.6) is 0 Å². The smallest absolute Gasteiger partial charge is 0.155 e. The fraction of sp³-hybridized carbons (Fsp3) is 0. The van der Waals surface area contributed by atoms with E-state index >= 15 is 0 Å². The molecule has 0 aromatic carbocycles. The summed E-state index contributed by atoms with van der Waals surface area (Å²) in [4.78, 5) is 3.81. The summed E-state index contributed by atoms with van der Waals surface area (Å²) >= 11 is 0. The number of pyridine rings is 1. The predicted octanol–water partition coefficient (Wildman–Crippen LogP) is 0.801. The van der Waals surface area contributed by atoms with Crippen molar-refractivity contribution in [2.24, 2.45) is 0 Å². The van der Waals surface area contributed by atoms with Crippen molar-refractivity contribution >= 4 is 0 Å². The van der Waals surface area contributed by atoms with Gasteiger partial charge in [0.1, 0.15) is 5.82 Å². The Hall–Kier alpha value is -1.78. The molecule has 4 nitrogen and oxygen atoms in total. The predicted molar refractivity (Wildman–Crippen MR) is 39.1 cm³/mol. The van der Waals surface area contributed by atoms with E-state index in [0.717, 1.165) is 6.20 Å². The summed E-state index contributed by atoms with van der Waals surface area (Å²) in [6.45, 7) is 0. The molecule has 0 amide bonds. The first-order chi connectivity index (χ1) is 5.86. The maximum Gasteiger partial charge on any atom is 0.155 e. The zero-order valence-electron chi connectivity index (χ0n) is 6.05. The number of hydrogen-bond acceptors (Lipinski definition) is 3. The molecule has 60 valence electrons. The van der Waals surface area contributed by atoms with Crippen LogP contribution < -0.4 is 0 Å². The second-order valence-electron chi connectivity index (χ2n) is 2.18. The monoisotopic (exact) mass is 164 g/mol. The molecule has 0 saturated heterocycles. The Morgan fingerprint density at radius 2 is 2.25 bits per heavy atom. The van der Waals surface area contributed by atoms with Gasteiger partial charge < -0.3 is 0 Å². The summed E-state index contributed by atoms with van der Waals surface area (Å²) in [5, 5.41) is 7.30. The molecular formula is C7H5FN4. The van der Waals surface area contributed by atoms with Crippen LogP contribution in [0.3, 0.4) is 0 Å². The van der Waals surface area contributed by atoms with Crippen molar-refractivity contribution in [3.05, 3.63) is 36.5 Å². The third kappa shape index (κ3) is 1.16. The van der Waals surface area contributed by atoms with Gasteiger partial charge in [-0.2, -0.15) is 0 Å². The van der Waals surface area contributed by atoms with Crippen LogP contribution in [0.1, 0.15) is 0 Å². The van der Waals surface area contributed by atoms with E-state index in [2.05, 4.69) is 15.3 Å². The minimum Gasteiger partial charge on any atom is -0.234 e. The van der Waals surface area contributed by atoms with Crippen molar-refractivity contribution in [2.45, 2.75) is 0 Å². The lowest BCUT2D eigenvalue weighted by molar-refractivity contribution is 0.618. The van der Waals surface area contributed by atoms with Gasteiger partial charge in [-0.25, -0.2) is 14.1 Å². The molecule has 5 heteroatoms. The summed E-state index contributed by atoms with van der Waals surface area (Å²) in [5.41, 5.74) is 0. The molecule has 0 aliphatic heterocycles. The lowest BCUT2D eigenvalue weighted by Gasteiger charge is -1.96. The van der Waals surface area contributed by atoms with E-state index in [1.54, 1.807) is 6.20 Å². The molecule has 0 unspecified atom stereocenters. The van der Waals surface area contributed by atoms with Crippen LogP contribution >= 0.6 is 0 Å². The first-order valence-corrected chi connectivity index (χ1v) is 3.34. The first kappa shape index (κ1) is 6.90. The highest BCUT2D eigenvalue weighted by Crippen LogP contribution is 2.01. The van der Waals surface area contributed by atoms with Crippen LogP contribution in [-0.2, 0) is 0 Å². The van der Waals surface area contributed by atoms with Gasteiger partial charge >= 0.3 is 0 Å². The van der Waals surface area contributed by atoms with Gasteiger partial charge in [0, 0.05) is 0 Å². The molecule has 0 aliphatic carbocycles. The third-order valence-corrected chi connectivity index (χ3v) is 1.37. The Labute approximate surface area is 67.7 Å². The van der Waals surface area contributed by atoms with Crippen LogP contribution in [-0.4, -0.2) is 20.0 Å². The normalized spacial score (nSPS) is 10.1. The van der Waals surface area contributed by atoms with Gasteiger partial charge in [-0.15, -0.1) is 5.10 Å². The molecule has 0 spiro atoms. The Bertz CT molecular complexity index is 353. The SMILES string of the molecule is Fc1ccc(-n2ccnn2)nc1. The van der Waals surface area contributed by atoms with Gasteiger partial charge in [0.2, 0.25) is 0 Å². The number of nitrogens with zero attached hydrogens (tertiary/aromatic N) is 4. The molecule has 0 saturated carbocycles. The Morgan fingerprint density at radius 1 is 1.33 bits per heavy atom. The summed E-state index contributed by atoms with van der Waals surface area (Å²) in [6, 6.07) is 2.86. The molecule has 0 fully saturated rings. The minimum absolute atomic E-state index is 0.362. The summed E-state index contributed by atoms with van der Waals surface area (Å²) < 4.78 is 13.9. The van der Waals surface area contributed by atoms with Crippen molar-refractivity contribution in [1.29, 1.82) is 0 Å². The van der Waals surface area contributed by atoms with Gasteiger partial charge in [-0.3, -0.25) is 0 Å². The van der Waals surface area contributed by atoms with Crippen LogP contribution in [0.15, 0.2) is 30.7 Å². The van der Waals surface area contributed by atoms with Gasteiger partial charge in [-0.1, -0.05) is 5.21 Å². The zero-order valence-corrected chi connectivity index (χ0v) is 6.05. The van der Waals surface area contributed by atoms with E-state index in [4.69, 9.17) is 0 Å². The first-order valence-electron chi connectivity index (χ1n) is 3.34. The average molecular weight is 164 g/mol. The maximum atomic E-state index is 12.4. The molecule has 0 atom stereocenters.